The zero-order valence-electron chi connectivity index (χ0n) is 12.4. The molecular weight excluding hydrogens is 242 g/mol. The molecule has 1 rings (SSSR count). The van der Waals surface area contributed by atoms with Gasteiger partial charge in [0.1, 0.15) is 0 Å². The van der Waals surface area contributed by atoms with Crippen LogP contribution in [0.5, 0.6) is 11.5 Å². The summed E-state index contributed by atoms with van der Waals surface area (Å²) in [5.74, 6) is 1.51. The van der Waals surface area contributed by atoms with Crippen LogP contribution in [0.15, 0.2) is 18.2 Å². The molecule has 0 heterocycles. The first-order chi connectivity index (χ1) is 9.26. The molecule has 0 amide bonds. The van der Waals surface area contributed by atoms with E-state index in [1.807, 2.05) is 19.2 Å². The van der Waals surface area contributed by atoms with Crippen LogP contribution in [0.25, 0.3) is 0 Å². The summed E-state index contributed by atoms with van der Waals surface area (Å²) in [5.41, 5.74) is 1.18. The van der Waals surface area contributed by atoms with Crippen molar-refractivity contribution in [1.82, 2.24) is 5.32 Å². The van der Waals surface area contributed by atoms with Crippen LogP contribution in [-0.2, 0) is 4.74 Å². The van der Waals surface area contributed by atoms with Crippen molar-refractivity contribution < 1.29 is 14.2 Å². The molecule has 1 atom stereocenters. The van der Waals surface area contributed by atoms with Crippen LogP contribution in [0.4, 0.5) is 0 Å². The summed E-state index contributed by atoms with van der Waals surface area (Å²) in [7, 11) is 5.26. The summed E-state index contributed by atoms with van der Waals surface area (Å²) in [6.07, 6.45) is 1.99. The highest BCUT2D eigenvalue weighted by Gasteiger charge is 2.12. The summed E-state index contributed by atoms with van der Waals surface area (Å²) >= 11 is 0. The van der Waals surface area contributed by atoms with Gasteiger partial charge in [-0.25, -0.2) is 0 Å². The van der Waals surface area contributed by atoms with Crippen LogP contribution >= 0.6 is 0 Å². The zero-order valence-corrected chi connectivity index (χ0v) is 12.4. The predicted molar refractivity (Wildman–Crippen MR) is 77.1 cm³/mol. The molecule has 0 saturated carbocycles. The van der Waals surface area contributed by atoms with E-state index in [2.05, 4.69) is 18.3 Å². The molecule has 0 bridgehead atoms. The van der Waals surface area contributed by atoms with Gasteiger partial charge in [-0.15, -0.1) is 0 Å². The number of ether oxygens (including phenoxy) is 3. The topological polar surface area (TPSA) is 39.7 Å². The van der Waals surface area contributed by atoms with E-state index in [4.69, 9.17) is 14.2 Å². The first-order valence-corrected chi connectivity index (χ1v) is 6.73. The maximum atomic E-state index is 5.54. The van der Waals surface area contributed by atoms with Gasteiger partial charge >= 0.3 is 0 Å². The zero-order chi connectivity index (χ0) is 14.1. The van der Waals surface area contributed by atoms with Gasteiger partial charge in [-0.05, 0) is 37.6 Å². The Hall–Kier alpha value is -1.26. The van der Waals surface area contributed by atoms with Gasteiger partial charge in [0, 0.05) is 19.3 Å². The highest BCUT2D eigenvalue weighted by molar-refractivity contribution is 5.43. The van der Waals surface area contributed by atoms with E-state index in [1.54, 1.807) is 14.2 Å². The van der Waals surface area contributed by atoms with Crippen LogP contribution < -0.4 is 14.8 Å². The fraction of sp³-hybridized carbons (Fsp3) is 0.600. The van der Waals surface area contributed by atoms with E-state index in [1.165, 1.54) is 5.56 Å². The fourth-order valence-corrected chi connectivity index (χ4v) is 1.99. The Labute approximate surface area is 116 Å². The molecule has 4 heteroatoms. The van der Waals surface area contributed by atoms with Gasteiger partial charge in [0.15, 0.2) is 11.5 Å². The maximum Gasteiger partial charge on any atom is 0.161 e. The van der Waals surface area contributed by atoms with E-state index in [0.29, 0.717) is 0 Å². The molecule has 108 valence electrons. The fourth-order valence-electron chi connectivity index (χ4n) is 1.99. The molecule has 0 aliphatic carbocycles. The highest BCUT2D eigenvalue weighted by Crippen LogP contribution is 2.30. The number of benzene rings is 1. The number of hydrogen-bond donors (Lipinski definition) is 1. The Morgan fingerprint density at radius 1 is 1.11 bits per heavy atom. The minimum Gasteiger partial charge on any atom is -0.493 e. The third-order valence-electron chi connectivity index (χ3n) is 3.06. The molecule has 1 aromatic carbocycles. The Balaban J connectivity index is 2.69. The summed E-state index contributed by atoms with van der Waals surface area (Å²) < 4.78 is 16.1. The minimum absolute atomic E-state index is 0.261. The maximum absolute atomic E-state index is 5.54. The van der Waals surface area contributed by atoms with Crippen molar-refractivity contribution in [2.45, 2.75) is 25.8 Å². The van der Waals surface area contributed by atoms with Gasteiger partial charge in [-0.2, -0.15) is 0 Å². The number of rotatable bonds is 9. The molecular formula is C15H25NO3. The molecule has 1 aromatic rings. The first kappa shape index (κ1) is 15.8. The molecule has 0 aromatic heterocycles. The average Bonchev–Trinajstić information content (AvgIpc) is 2.46. The molecule has 0 fully saturated rings. The van der Waals surface area contributed by atoms with E-state index in [0.717, 1.165) is 37.6 Å². The van der Waals surface area contributed by atoms with Crippen molar-refractivity contribution in [3.8, 4) is 11.5 Å². The lowest BCUT2D eigenvalue weighted by molar-refractivity contribution is 0.125. The molecule has 0 saturated heterocycles. The van der Waals surface area contributed by atoms with Crippen molar-refractivity contribution >= 4 is 0 Å². The Kier molecular flexibility index (Phi) is 7.30. The van der Waals surface area contributed by atoms with Gasteiger partial charge in [-0.3, -0.25) is 0 Å². The van der Waals surface area contributed by atoms with Gasteiger partial charge in [0.25, 0.3) is 0 Å². The van der Waals surface area contributed by atoms with Crippen LogP contribution in [0.3, 0.4) is 0 Å². The Morgan fingerprint density at radius 3 is 2.42 bits per heavy atom. The summed E-state index contributed by atoms with van der Waals surface area (Å²) in [4.78, 5) is 0. The summed E-state index contributed by atoms with van der Waals surface area (Å²) in [6.45, 7) is 3.69. The lowest BCUT2D eigenvalue weighted by atomic mass is 10.0. The average molecular weight is 267 g/mol. The monoisotopic (exact) mass is 267 g/mol. The molecule has 0 aliphatic rings. The highest BCUT2D eigenvalue weighted by atomic mass is 16.5. The number of methoxy groups -OCH3 is 2. The minimum atomic E-state index is 0.261. The largest absolute Gasteiger partial charge is 0.493 e. The lowest BCUT2D eigenvalue weighted by Gasteiger charge is -2.18. The van der Waals surface area contributed by atoms with Crippen molar-refractivity contribution in [3.63, 3.8) is 0 Å². The van der Waals surface area contributed by atoms with Gasteiger partial charge in [0.05, 0.1) is 14.2 Å². The van der Waals surface area contributed by atoms with E-state index in [-0.39, 0.29) is 6.04 Å². The SMILES string of the molecule is CCCOCCC(NC)c1ccc(OC)c(OC)c1. The van der Waals surface area contributed by atoms with E-state index in [9.17, 15) is 0 Å². The van der Waals surface area contributed by atoms with Crippen LogP contribution in [-0.4, -0.2) is 34.5 Å². The van der Waals surface area contributed by atoms with Crippen LogP contribution in [0, 0.1) is 0 Å². The summed E-state index contributed by atoms with van der Waals surface area (Å²) in [5, 5.41) is 3.31. The summed E-state index contributed by atoms with van der Waals surface area (Å²) in [6, 6.07) is 6.27. The molecule has 0 spiro atoms. The molecule has 0 radical (unpaired) electrons. The second-order valence-corrected chi connectivity index (χ2v) is 4.36. The molecule has 0 aliphatic heterocycles. The first-order valence-electron chi connectivity index (χ1n) is 6.73. The van der Waals surface area contributed by atoms with Gasteiger partial charge in [-0.1, -0.05) is 13.0 Å². The second-order valence-electron chi connectivity index (χ2n) is 4.36. The van der Waals surface area contributed by atoms with Crippen LogP contribution in [0.2, 0.25) is 0 Å². The van der Waals surface area contributed by atoms with Crippen molar-refractivity contribution in [2.75, 3.05) is 34.5 Å². The molecule has 4 nitrogen and oxygen atoms in total. The van der Waals surface area contributed by atoms with Gasteiger partial charge in [0.2, 0.25) is 0 Å². The lowest BCUT2D eigenvalue weighted by Crippen LogP contribution is -2.18. The third-order valence-corrected chi connectivity index (χ3v) is 3.06. The van der Waals surface area contributed by atoms with Gasteiger partial charge < -0.3 is 19.5 Å². The molecule has 19 heavy (non-hydrogen) atoms. The molecule has 1 N–H and O–H groups in total. The van der Waals surface area contributed by atoms with Crippen molar-refractivity contribution in [2.24, 2.45) is 0 Å². The smallest absolute Gasteiger partial charge is 0.161 e. The van der Waals surface area contributed by atoms with Crippen LogP contribution in [0.1, 0.15) is 31.4 Å². The van der Waals surface area contributed by atoms with Crippen molar-refractivity contribution in [3.05, 3.63) is 23.8 Å². The van der Waals surface area contributed by atoms with E-state index < -0.39 is 0 Å². The number of nitrogens with one attached hydrogen (secondary N) is 1. The second kappa shape index (κ2) is 8.77. The Morgan fingerprint density at radius 2 is 1.84 bits per heavy atom. The van der Waals surface area contributed by atoms with Crippen molar-refractivity contribution in [1.29, 1.82) is 0 Å². The number of hydrogen-bond acceptors (Lipinski definition) is 4. The normalized spacial score (nSPS) is 12.2. The third kappa shape index (κ3) is 4.73. The van der Waals surface area contributed by atoms with E-state index >= 15 is 0 Å². The predicted octanol–water partition coefficient (Wildman–Crippen LogP) is 2.78. The molecule has 1 unspecified atom stereocenters. The Bertz CT molecular complexity index is 368. The standard InChI is InChI=1S/C15H25NO3/c1-5-9-19-10-8-13(16-2)12-6-7-14(17-3)15(11-12)18-4/h6-7,11,13,16H,5,8-10H2,1-4H3. The quantitative estimate of drug-likeness (QED) is 0.698.